The molecule has 0 N–H and O–H groups in total. The summed E-state index contributed by atoms with van der Waals surface area (Å²) in [5.74, 6) is -2.87. The van der Waals surface area contributed by atoms with Crippen molar-refractivity contribution in [2.75, 3.05) is 9.80 Å². The average molecular weight is 536 g/mol. The van der Waals surface area contributed by atoms with E-state index in [9.17, 15) is 19.6 Å². The van der Waals surface area contributed by atoms with Gasteiger partial charge in [-0.25, -0.2) is 9.69 Å². The Hall–Kier alpha value is -6.18. The van der Waals surface area contributed by atoms with Gasteiger partial charge < -0.3 is 9.64 Å². The Morgan fingerprint density at radius 2 is 1.27 bits per heavy atom. The van der Waals surface area contributed by atoms with E-state index in [1.54, 1.807) is 54.6 Å². The maximum atomic E-state index is 13.7. The second-order valence-corrected chi connectivity index (χ2v) is 8.81. The average Bonchev–Trinajstić information content (AvgIpc) is 3.01. The second kappa shape index (κ2) is 11.7. The van der Waals surface area contributed by atoms with Gasteiger partial charge in [0, 0.05) is 17.1 Å². The highest BCUT2D eigenvalue weighted by molar-refractivity contribution is 6.36. The molecule has 0 bridgehead atoms. The summed E-state index contributed by atoms with van der Waals surface area (Å²) in [6.07, 6.45) is 8.34. The Morgan fingerprint density at radius 1 is 0.756 bits per heavy atom. The first-order valence-electron chi connectivity index (χ1n) is 12.5. The van der Waals surface area contributed by atoms with E-state index in [4.69, 9.17) is 6.42 Å². The van der Waals surface area contributed by atoms with Crippen molar-refractivity contribution >= 4 is 46.6 Å². The Bertz CT molecular complexity index is 1720. The molecule has 1 aliphatic rings. The summed E-state index contributed by atoms with van der Waals surface area (Å²) in [6, 6.07) is 36.9. The Labute approximate surface area is 236 Å². The first-order valence-corrected chi connectivity index (χ1v) is 12.5. The number of nitrogens with zero attached hydrogens (tertiary/aromatic N) is 3. The van der Waals surface area contributed by atoms with Gasteiger partial charge in [-0.2, -0.15) is 5.26 Å². The number of esters is 1. The lowest BCUT2D eigenvalue weighted by molar-refractivity contribution is -0.133. The third kappa shape index (κ3) is 5.24. The number of hydrogen-bond donors (Lipinski definition) is 0. The van der Waals surface area contributed by atoms with Crippen molar-refractivity contribution in [2.24, 2.45) is 0 Å². The van der Waals surface area contributed by atoms with Crippen LogP contribution in [0.5, 0.6) is 0 Å². The molecule has 196 valence electrons. The van der Waals surface area contributed by atoms with Gasteiger partial charge in [0.2, 0.25) is 0 Å². The SMILES string of the molecule is C#COC(=O)C1=C(C#N)C(=O)N(c2ccccc2)C(=O)/C1=C\c1ccc(N(c2ccccc2)c2ccccc2)cc1. The number of benzene rings is 4. The van der Waals surface area contributed by atoms with Crippen LogP contribution in [0.4, 0.5) is 22.7 Å². The zero-order valence-corrected chi connectivity index (χ0v) is 21.6. The number of nitriles is 1. The highest BCUT2D eigenvalue weighted by Crippen LogP contribution is 2.35. The molecule has 1 aliphatic heterocycles. The van der Waals surface area contributed by atoms with E-state index < -0.39 is 28.9 Å². The van der Waals surface area contributed by atoms with E-state index in [-0.39, 0.29) is 11.3 Å². The van der Waals surface area contributed by atoms with Crippen LogP contribution >= 0.6 is 0 Å². The van der Waals surface area contributed by atoms with Crippen LogP contribution in [0.25, 0.3) is 6.08 Å². The molecule has 0 atom stereocenters. The smallest absolute Gasteiger partial charge is 0.354 e. The minimum absolute atomic E-state index is 0.194. The molecular weight excluding hydrogens is 514 g/mol. The fraction of sp³-hybridized carbons (Fsp3) is 0. The molecule has 5 rings (SSSR count). The molecule has 41 heavy (non-hydrogen) atoms. The third-order valence-electron chi connectivity index (χ3n) is 6.34. The number of para-hydroxylation sites is 3. The highest BCUT2D eigenvalue weighted by Gasteiger charge is 2.41. The van der Waals surface area contributed by atoms with E-state index in [0.717, 1.165) is 22.0 Å². The minimum atomic E-state index is -1.14. The predicted molar refractivity (Wildman–Crippen MR) is 156 cm³/mol. The summed E-state index contributed by atoms with van der Waals surface area (Å²) in [7, 11) is 0. The molecule has 4 aromatic carbocycles. The van der Waals surface area contributed by atoms with Crippen molar-refractivity contribution in [3.05, 3.63) is 138 Å². The highest BCUT2D eigenvalue weighted by atomic mass is 16.5. The fourth-order valence-corrected chi connectivity index (χ4v) is 4.53. The van der Waals surface area contributed by atoms with Crippen LogP contribution in [-0.2, 0) is 19.1 Å². The zero-order chi connectivity index (χ0) is 28.8. The summed E-state index contributed by atoms with van der Waals surface area (Å²) in [4.78, 5) is 42.6. The lowest BCUT2D eigenvalue weighted by atomic mass is 9.92. The Kier molecular flexibility index (Phi) is 7.54. The Balaban J connectivity index is 1.61. The molecule has 0 unspecified atom stereocenters. The molecule has 0 aromatic heterocycles. The van der Waals surface area contributed by atoms with Crippen LogP contribution in [0.15, 0.2) is 132 Å². The van der Waals surface area contributed by atoms with Gasteiger partial charge in [0.15, 0.2) is 0 Å². The number of anilines is 4. The number of carbonyl (C=O) groups is 3. The fourth-order valence-electron chi connectivity index (χ4n) is 4.53. The molecule has 7 heteroatoms. The van der Waals surface area contributed by atoms with E-state index in [1.807, 2.05) is 72.8 Å². The van der Waals surface area contributed by atoms with Crippen molar-refractivity contribution in [1.29, 1.82) is 5.26 Å². The standard InChI is InChI=1S/C34H21N3O4/c1-2-41-34(40)31-29(32(38)37(33(39)30(31)23-35)27-16-10-5-11-17-27)22-24-18-20-28(21-19-24)36(25-12-6-3-7-13-25)26-14-8-4-9-15-26/h1,3-22H/b29-22-. The van der Waals surface area contributed by atoms with Gasteiger partial charge in [-0.05, 0) is 60.2 Å². The molecule has 0 aliphatic carbocycles. The van der Waals surface area contributed by atoms with Gasteiger partial charge in [-0.3, -0.25) is 9.59 Å². The quantitative estimate of drug-likeness (QED) is 0.129. The maximum absolute atomic E-state index is 13.7. The Morgan fingerprint density at radius 3 is 1.78 bits per heavy atom. The van der Waals surface area contributed by atoms with Gasteiger partial charge in [-0.15, -0.1) is 0 Å². The van der Waals surface area contributed by atoms with Crippen molar-refractivity contribution in [3.63, 3.8) is 0 Å². The summed E-state index contributed by atoms with van der Waals surface area (Å²) < 4.78 is 4.68. The van der Waals surface area contributed by atoms with Crippen molar-refractivity contribution in [3.8, 4) is 18.6 Å². The van der Waals surface area contributed by atoms with Crippen molar-refractivity contribution in [2.45, 2.75) is 0 Å². The van der Waals surface area contributed by atoms with Crippen LogP contribution in [0.1, 0.15) is 5.56 Å². The molecule has 4 aromatic rings. The van der Waals surface area contributed by atoms with Gasteiger partial charge in [0.25, 0.3) is 11.8 Å². The zero-order valence-electron chi connectivity index (χ0n) is 21.6. The summed E-state index contributed by atoms with van der Waals surface area (Å²) in [6.45, 7) is 0. The van der Waals surface area contributed by atoms with E-state index in [0.29, 0.717) is 5.56 Å². The molecule has 0 fully saturated rings. The number of rotatable bonds is 6. The third-order valence-corrected chi connectivity index (χ3v) is 6.34. The lowest BCUT2D eigenvalue weighted by Crippen LogP contribution is -2.44. The number of imide groups is 1. The van der Waals surface area contributed by atoms with Crippen LogP contribution in [0.2, 0.25) is 0 Å². The molecule has 0 radical (unpaired) electrons. The number of hydrogen-bond acceptors (Lipinski definition) is 6. The van der Waals surface area contributed by atoms with E-state index in [1.165, 1.54) is 6.08 Å². The van der Waals surface area contributed by atoms with Crippen LogP contribution in [0.3, 0.4) is 0 Å². The van der Waals surface area contributed by atoms with Crippen molar-refractivity contribution in [1.82, 2.24) is 0 Å². The molecule has 0 saturated heterocycles. The van der Waals surface area contributed by atoms with E-state index in [2.05, 4.69) is 9.64 Å². The normalized spacial score (nSPS) is 13.9. The number of terminal acetylenes is 1. The maximum Gasteiger partial charge on any atom is 0.354 e. The molecular formula is C34H21N3O4. The molecule has 7 nitrogen and oxygen atoms in total. The molecule has 1 heterocycles. The van der Waals surface area contributed by atoms with Crippen molar-refractivity contribution < 1.29 is 19.1 Å². The van der Waals surface area contributed by atoms with Crippen LogP contribution < -0.4 is 9.80 Å². The number of amides is 2. The summed E-state index contributed by atoms with van der Waals surface area (Å²) in [5.41, 5.74) is 2.33. The summed E-state index contributed by atoms with van der Waals surface area (Å²) >= 11 is 0. The number of carbonyl (C=O) groups excluding carboxylic acids is 3. The monoisotopic (exact) mass is 535 g/mol. The molecule has 0 spiro atoms. The lowest BCUT2D eigenvalue weighted by Gasteiger charge is -2.27. The van der Waals surface area contributed by atoms with E-state index >= 15 is 0 Å². The predicted octanol–water partition coefficient (Wildman–Crippen LogP) is 6.07. The molecule has 0 saturated carbocycles. The first-order chi connectivity index (χ1) is 20.0. The molecule has 2 amide bonds. The topological polar surface area (TPSA) is 90.7 Å². The minimum Gasteiger partial charge on any atom is -0.369 e. The second-order valence-electron chi connectivity index (χ2n) is 8.81. The van der Waals surface area contributed by atoms with Gasteiger partial charge >= 0.3 is 5.97 Å². The first kappa shape index (κ1) is 26.4. The number of ether oxygens (including phenoxy) is 1. The van der Waals surface area contributed by atoms with Crippen LogP contribution in [-0.4, -0.2) is 17.8 Å². The van der Waals surface area contributed by atoms with Gasteiger partial charge in [-0.1, -0.05) is 73.2 Å². The van der Waals surface area contributed by atoms with Gasteiger partial charge in [0.05, 0.1) is 16.8 Å². The van der Waals surface area contributed by atoms with Crippen LogP contribution in [0, 0.1) is 23.9 Å². The summed E-state index contributed by atoms with van der Waals surface area (Å²) in [5, 5.41) is 9.84. The van der Waals surface area contributed by atoms with Gasteiger partial charge in [0.1, 0.15) is 17.7 Å². The largest absolute Gasteiger partial charge is 0.369 e.